The zero-order valence-corrected chi connectivity index (χ0v) is 17.3. The van der Waals surface area contributed by atoms with Crippen molar-refractivity contribution < 1.29 is 22.7 Å². The Bertz CT molecular complexity index is 1010. The molecule has 156 valence electrons. The quantitative estimate of drug-likeness (QED) is 0.736. The first-order valence-corrected chi connectivity index (χ1v) is 11.0. The van der Waals surface area contributed by atoms with Gasteiger partial charge in [0, 0.05) is 39.4 Å². The summed E-state index contributed by atoms with van der Waals surface area (Å²) in [6.45, 7) is 3.94. The maximum atomic E-state index is 13.1. The summed E-state index contributed by atoms with van der Waals surface area (Å²) in [5.41, 5.74) is 0.443. The van der Waals surface area contributed by atoms with Gasteiger partial charge in [0.15, 0.2) is 16.5 Å². The molecule has 10 heteroatoms. The van der Waals surface area contributed by atoms with Gasteiger partial charge in [-0.2, -0.15) is 4.31 Å². The molecule has 1 fully saturated rings. The number of imidazole rings is 1. The van der Waals surface area contributed by atoms with Gasteiger partial charge in [0.05, 0.1) is 5.56 Å². The van der Waals surface area contributed by atoms with Crippen LogP contribution in [-0.4, -0.2) is 72.5 Å². The van der Waals surface area contributed by atoms with Gasteiger partial charge in [0.2, 0.25) is 0 Å². The molecule has 0 spiro atoms. The lowest BCUT2D eigenvalue weighted by atomic mass is 10.1. The third-order valence-electron chi connectivity index (χ3n) is 5.23. The standard InChI is InChI=1S/C19H24N4O5S/c1-14-20-17(13-21(14)2)29(25,26)23-8-4-7-22(9-10-23)19(24)15-5-3-6-16-18(15)28-12-11-27-16/h3,5-6,13H,4,7-12H2,1-2H3. The van der Waals surface area contributed by atoms with Gasteiger partial charge in [0.1, 0.15) is 19.0 Å². The fourth-order valence-corrected chi connectivity index (χ4v) is 5.03. The second-order valence-electron chi connectivity index (χ2n) is 7.12. The number of para-hydroxylation sites is 1. The fraction of sp³-hybridized carbons (Fsp3) is 0.474. The van der Waals surface area contributed by atoms with E-state index in [2.05, 4.69) is 4.98 Å². The predicted octanol–water partition coefficient (Wildman–Crippen LogP) is 1.04. The average molecular weight is 420 g/mol. The van der Waals surface area contributed by atoms with E-state index in [1.54, 1.807) is 41.6 Å². The Morgan fingerprint density at radius 2 is 1.90 bits per heavy atom. The lowest BCUT2D eigenvalue weighted by Gasteiger charge is -2.25. The molecule has 1 aromatic carbocycles. The largest absolute Gasteiger partial charge is 0.486 e. The van der Waals surface area contributed by atoms with Crippen molar-refractivity contribution in [1.82, 2.24) is 18.8 Å². The van der Waals surface area contributed by atoms with E-state index in [0.29, 0.717) is 62.2 Å². The molecule has 0 radical (unpaired) electrons. The lowest BCUT2D eigenvalue weighted by molar-refractivity contribution is 0.0753. The van der Waals surface area contributed by atoms with Crippen molar-refractivity contribution in [3.8, 4) is 11.5 Å². The molecule has 0 saturated carbocycles. The molecule has 2 aliphatic rings. The molecule has 0 aliphatic carbocycles. The topological polar surface area (TPSA) is 94.0 Å². The van der Waals surface area contributed by atoms with Gasteiger partial charge < -0.3 is 18.9 Å². The van der Waals surface area contributed by atoms with Crippen LogP contribution in [0, 0.1) is 6.92 Å². The van der Waals surface area contributed by atoms with E-state index in [1.165, 1.54) is 10.5 Å². The maximum Gasteiger partial charge on any atom is 0.262 e. The fourth-order valence-electron chi connectivity index (χ4n) is 3.53. The van der Waals surface area contributed by atoms with Crippen LogP contribution in [0.5, 0.6) is 11.5 Å². The van der Waals surface area contributed by atoms with Gasteiger partial charge >= 0.3 is 0 Å². The molecule has 1 amide bonds. The molecule has 9 nitrogen and oxygen atoms in total. The minimum atomic E-state index is -3.70. The molecule has 2 aromatic rings. The van der Waals surface area contributed by atoms with Crippen molar-refractivity contribution >= 4 is 15.9 Å². The number of sulfonamides is 1. The van der Waals surface area contributed by atoms with Crippen LogP contribution in [0.3, 0.4) is 0 Å². The third-order valence-corrected chi connectivity index (χ3v) is 7.00. The third kappa shape index (κ3) is 3.69. The van der Waals surface area contributed by atoms with E-state index in [4.69, 9.17) is 9.47 Å². The number of fused-ring (bicyclic) bond motifs is 1. The normalized spacial score (nSPS) is 17.8. The molecular formula is C19H24N4O5S. The van der Waals surface area contributed by atoms with E-state index in [-0.39, 0.29) is 17.5 Å². The number of nitrogens with zero attached hydrogens (tertiary/aromatic N) is 4. The van der Waals surface area contributed by atoms with Crippen molar-refractivity contribution in [2.45, 2.75) is 18.4 Å². The predicted molar refractivity (Wildman–Crippen MR) is 105 cm³/mol. The summed E-state index contributed by atoms with van der Waals surface area (Å²) >= 11 is 0. The van der Waals surface area contributed by atoms with Crippen LogP contribution >= 0.6 is 0 Å². The summed E-state index contributed by atoms with van der Waals surface area (Å²) in [6, 6.07) is 5.25. The van der Waals surface area contributed by atoms with Gasteiger partial charge in [0.25, 0.3) is 15.9 Å². The Balaban J connectivity index is 1.51. The number of aromatic nitrogens is 2. The Kier molecular flexibility index (Phi) is 5.22. The highest BCUT2D eigenvalue weighted by Gasteiger charge is 2.31. The second kappa shape index (κ2) is 7.68. The van der Waals surface area contributed by atoms with Gasteiger partial charge in [-0.1, -0.05) is 6.07 Å². The molecule has 3 heterocycles. The van der Waals surface area contributed by atoms with Crippen LogP contribution in [0.15, 0.2) is 29.4 Å². The molecular weight excluding hydrogens is 396 g/mol. The first kappa shape index (κ1) is 19.7. The summed E-state index contributed by atoms with van der Waals surface area (Å²) in [5, 5.41) is 0.0416. The molecule has 0 N–H and O–H groups in total. The van der Waals surface area contributed by atoms with E-state index in [1.807, 2.05) is 0 Å². The van der Waals surface area contributed by atoms with Crippen molar-refractivity contribution in [2.75, 3.05) is 39.4 Å². The number of aryl methyl sites for hydroxylation is 2. The maximum absolute atomic E-state index is 13.1. The first-order chi connectivity index (χ1) is 13.9. The van der Waals surface area contributed by atoms with E-state index in [9.17, 15) is 13.2 Å². The Labute approximate surface area is 169 Å². The van der Waals surface area contributed by atoms with Crippen molar-refractivity contribution in [1.29, 1.82) is 0 Å². The van der Waals surface area contributed by atoms with Gasteiger partial charge in [-0.05, 0) is 25.5 Å². The smallest absolute Gasteiger partial charge is 0.262 e. The Hall–Kier alpha value is -2.59. The van der Waals surface area contributed by atoms with Crippen LogP contribution in [0.1, 0.15) is 22.6 Å². The number of hydrogen-bond donors (Lipinski definition) is 0. The van der Waals surface area contributed by atoms with Crippen molar-refractivity contribution in [3.63, 3.8) is 0 Å². The van der Waals surface area contributed by atoms with Crippen molar-refractivity contribution in [3.05, 3.63) is 35.8 Å². The lowest BCUT2D eigenvalue weighted by Crippen LogP contribution is -2.37. The number of benzene rings is 1. The Morgan fingerprint density at radius 3 is 2.66 bits per heavy atom. The molecule has 0 bridgehead atoms. The van der Waals surface area contributed by atoms with E-state index in [0.717, 1.165) is 0 Å². The second-order valence-corrected chi connectivity index (χ2v) is 9.00. The van der Waals surface area contributed by atoms with Crippen LogP contribution < -0.4 is 9.47 Å². The molecule has 4 rings (SSSR count). The van der Waals surface area contributed by atoms with Gasteiger partial charge in [-0.3, -0.25) is 4.79 Å². The molecule has 0 atom stereocenters. The number of rotatable bonds is 3. The van der Waals surface area contributed by atoms with Crippen LogP contribution in [-0.2, 0) is 17.1 Å². The molecule has 2 aliphatic heterocycles. The minimum Gasteiger partial charge on any atom is -0.486 e. The summed E-state index contributed by atoms with van der Waals surface area (Å²) < 4.78 is 40.2. The average Bonchev–Trinajstić information content (AvgIpc) is 2.93. The van der Waals surface area contributed by atoms with Gasteiger partial charge in [-0.15, -0.1) is 0 Å². The van der Waals surface area contributed by atoms with Crippen LogP contribution in [0.2, 0.25) is 0 Å². The highest BCUT2D eigenvalue weighted by Crippen LogP contribution is 2.34. The first-order valence-electron chi connectivity index (χ1n) is 9.56. The minimum absolute atomic E-state index is 0.0416. The summed E-state index contributed by atoms with van der Waals surface area (Å²) in [5.74, 6) is 1.47. The zero-order valence-electron chi connectivity index (χ0n) is 16.5. The van der Waals surface area contributed by atoms with Gasteiger partial charge in [-0.25, -0.2) is 13.4 Å². The Morgan fingerprint density at radius 1 is 1.10 bits per heavy atom. The van der Waals surface area contributed by atoms with Crippen LogP contribution in [0.25, 0.3) is 0 Å². The molecule has 1 saturated heterocycles. The highest BCUT2D eigenvalue weighted by atomic mass is 32.2. The number of carbonyl (C=O) groups excluding carboxylic acids is 1. The molecule has 0 unspecified atom stereocenters. The highest BCUT2D eigenvalue weighted by molar-refractivity contribution is 7.89. The monoisotopic (exact) mass is 420 g/mol. The number of hydrogen-bond acceptors (Lipinski definition) is 6. The molecule has 1 aromatic heterocycles. The SMILES string of the molecule is Cc1nc(S(=O)(=O)N2CCCN(C(=O)c3cccc4c3OCCO4)CC2)cn1C. The summed E-state index contributed by atoms with van der Waals surface area (Å²) in [7, 11) is -1.94. The number of amides is 1. The molecule has 29 heavy (non-hydrogen) atoms. The van der Waals surface area contributed by atoms with E-state index < -0.39 is 10.0 Å². The number of carbonyl (C=O) groups is 1. The number of ether oxygens (including phenoxy) is 2. The summed E-state index contributed by atoms with van der Waals surface area (Å²) in [6.07, 6.45) is 2.06. The zero-order chi connectivity index (χ0) is 20.6. The van der Waals surface area contributed by atoms with Crippen LogP contribution in [0.4, 0.5) is 0 Å². The van der Waals surface area contributed by atoms with E-state index >= 15 is 0 Å². The summed E-state index contributed by atoms with van der Waals surface area (Å²) in [4.78, 5) is 18.9. The van der Waals surface area contributed by atoms with Crippen molar-refractivity contribution in [2.24, 2.45) is 7.05 Å².